The van der Waals surface area contributed by atoms with E-state index in [1.54, 1.807) is 6.07 Å². The van der Waals surface area contributed by atoms with Gasteiger partial charge in [0.1, 0.15) is 11.3 Å². The molecule has 0 aromatic heterocycles. The number of aryl methyl sites for hydroxylation is 1. The highest BCUT2D eigenvalue weighted by atomic mass is 16.5. The first-order valence-corrected chi connectivity index (χ1v) is 6.50. The van der Waals surface area contributed by atoms with Crippen LogP contribution in [-0.2, 0) is 16.0 Å². The molecule has 20 heavy (non-hydrogen) atoms. The molecular weight excluding hydrogens is 258 g/mol. The van der Waals surface area contributed by atoms with Crippen LogP contribution in [0.1, 0.15) is 26.3 Å². The van der Waals surface area contributed by atoms with E-state index in [1.807, 2.05) is 25.1 Å². The van der Waals surface area contributed by atoms with Crippen molar-refractivity contribution >= 4 is 11.9 Å². The number of carboxylic acid groups (broad SMARTS) is 1. The second-order valence-corrected chi connectivity index (χ2v) is 5.11. The van der Waals surface area contributed by atoms with Crippen molar-refractivity contribution in [3.05, 3.63) is 29.8 Å². The van der Waals surface area contributed by atoms with E-state index in [2.05, 4.69) is 0 Å². The van der Waals surface area contributed by atoms with Crippen molar-refractivity contribution in [2.24, 2.45) is 0 Å². The van der Waals surface area contributed by atoms with Gasteiger partial charge in [0.15, 0.2) is 6.61 Å². The van der Waals surface area contributed by atoms with Gasteiger partial charge in [-0.2, -0.15) is 0 Å². The lowest BCUT2D eigenvalue weighted by Gasteiger charge is -2.31. The van der Waals surface area contributed by atoms with Gasteiger partial charge in [0.05, 0.1) is 0 Å². The Kier molecular flexibility index (Phi) is 5.13. The molecule has 0 aliphatic heterocycles. The van der Waals surface area contributed by atoms with Crippen LogP contribution >= 0.6 is 0 Å². The van der Waals surface area contributed by atoms with Gasteiger partial charge < -0.3 is 14.7 Å². The van der Waals surface area contributed by atoms with E-state index in [-0.39, 0.29) is 12.5 Å². The number of likely N-dealkylation sites (N-methyl/N-ethyl adjacent to an activating group) is 1. The lowest BCUT2D eigenvalue weighted by atomic mass is 10.0. The maximum absolute atomic E-state index is 12.0. The summed E-state index contributed by atoms with van der Waals surface area (Å²) in [6.45, 7) is 4.81. The van der Waals surface area contributed by atoms with Crippen molar-refractivity contribution in [3.63, 3.8) is 0 Å². The van der Waals surface area contributed by atoms with Crippen LogP contribution in [0.3, 0.4) is 0 Å². The zero-order valence-corrected chi connectivity index (χ0v) is 12.3. The number of nitrogens with zero attached hydrogens (tertiary/aromatic N) is 1. The SMILES string of the molecule is CCc1cccc(OCC(=O)N(C)C(C)(C)C(=O)O)c1. The van der Waals surface area contributed by atoms with Gasteiger partial charge >= 0.3 is 5.97 Å². The fourth-order valence-corrected chi connectivity index (χ4v) is 1.55. The predicted molar refractivity (Wildman–Crippen MR) is 75.8 cm³/mol. The Labute approximate surface area is 119 Å². The minimum Gasteiger partial charge on any atom is -0.484 e. The molecular formula is C15H21NO4. The topological polar surface area (TPSA) is 66.8 Å². The van der Waals surface area contributed by atoms with Gasteiger partial charge in [-0.15, -0.1) is 0 Å². The summed E-state index contributed by atoms with van der Waals surface area (Å²) in [6.07, 6.45) is 0.886. The molecule has 1 aromatic carbocycles. The summed E-state index contributed by atoms with van der Waals surface area (Å²) in [7, 11) is 1.46. The summed E-state index contributed by atoms with van der Waals surface area (Å²) in [5, 5.41) is 9.08. The summed E-state index contributed by atoms with van der Waals surface area (Å²) < 4.78 is 5.42. The number of ether oxygens (including phenoxy) is 1. The molecule has 1 amide bonds. The quantitative estimate of drug-likeness (QED) is 0.864. The van der Waals surface area contributed by atoms with Crippen molar-refractivity contribution in [1.29, 1.82) is 0 Å². The third-order valence-corrected chi connectivity index (χ3v) is 3.41. The molecule has 0 saturated heterocycles. The van der Waals surface area contributed by atoms with Gasteiger partial charge in [-0.1, -0.05) is 19.1 Å². The zero-order valence-electron chi connectivity index (χ0n) is 12.3. The largest absolute Gasteiger partial charge is 0.484 e. The fourth-order valence-electron chi connectivity index (χ4n) is 1.55. The molecule has 1 rings (SSSR count). The number of carboxylic acids is 1. The highest BCUT2D eigenvalue weighted by Crippen LogP contribution is 2.16. The maximum Gasteiger partial charge on any atom is 0.329 e. The van der Waals surface area contributed by atoms with Gasteiger partial charge in [0, 0.05) is 7.05 Å². The van der Waals surface area contributed by atoms with Crippen molar-refractivity contribution < 1.29 is 19.4 Å². The first kappa shape index (κ1) is 16.0. The number of hydrogen-bond acceptors (Lipinski definition) is 3. The zero-order chi connectivity index (χ0) is 15.3. The van der Waals surface area contributed by atoms with Crippen LogP contribution in [0.15, 0.2) is 24.3 Å². The monoisotopic (exact) mass is 279 g/mol. The Morgan fingerprint density at radius 1 is 1.35 bits per heavy atom. The minimum absolute atomic E-state index is 0.180. The van der Waals surface area contributed by atoms with Crippen LogP contribution in [0.25, 0.3) is 0 Å². The summed E-state index contributed by atoms with van der Waals surface area (Å²) in [5.74, 6) is -0.820. The van der Waals surface area contributed by atoms with Crippen molar-refractivity contribution in [2.75, 3.05) is 13.7 Å². The normalized spacial score (nSPS) is 11.0. The third kappa shape index (κ3) is 3.73. The predicted octanol–water partition coefficient (Wildman–Crippen LogP) is 1.95. The van der Waals surface area contributed by atoms with Gasteiger partial charge in [-0.25, -0.2) is 4.79 Å². The fraction of sp³-hybridized carbons (Fsp3) is 0.467. The van der Waals surface area contributed by atoms with Crippen molar-refractivity contribution in [2.45, 2.75) is 32.7 Å². The standard InChI is InChI=1S/C15H21NO4/c1-5-11-7-6-8-12(9-11)20-10-13(17)16(4)15(2,3)14(18)19/h6-9H,5,10H2,1-4H3,(H,18,19). The Balaban J connectivity index is 2.65. The van der Waals surface area contributed by atoms with Crippen LogP contribution in [0, 0.1) is 0 Å². The molecule has 0 aliphatic carbocycles. The molecule has 0 bridgehead atoms. The lowest BCUT2D eigenvalue weighted by molar-refractivity contribution is -0.156. The highest BCUT2D eigenvalue weighted by Gasteiger charge is 2.35. The minimum atomic E-state index is -1.26. The van der Waals surface area contributed by atoms with Gasteiger partial charge in [0.2, 0.25) is 0 Å². The number of benzene rings is 1. The summed E-state index contributed by atoms with van der Waals surface area (Å²) >= 11 is 0. The average Bonchev–Trinajstić information content (AvgIpc) is 2.43. The molecule has 0 spiro atoms. The summed E-state index contributed by atoms with van der Waals surface area (Å²) in [6, 6.07) is 7.49. The second kappa shape index (κ2) is 6.41. The van der Waals surface area contributed by atoms with E-state index in [0.29, 0.717) is 5.75 Å². The van der Waals surface area contributed by atoms with E-state index in [4.69, 9.17) is 9.84 Å². The Morgan fingerprint density at radius 2 is 2.00 bits per heavy atom. The van der Waals surface area contributed by atoms with Gasteiger partial charge in [-0.05, 0) is 38.0 Å². The number of hydrogen-bond donors (Lipinski definition) is 1. The molecule has 0 unspecified atom stereocenters. The van der Waals surface area contributed by atoms with Crippen molar-refractivity contribution in [1.82, 2.24) is 4.90 Å². The molecule has 5 heteroatoms. The summed E-state index contributed by atoms with van der Waals surface area (Å²) in [4.78, 5) is 24.2. The van der Waals surface area contributed by atoms with Crippen LogP contribution < -0.4 is 4.74 Å². The van der Waals surface area contributed by atoms with E-state index in [0.717, 1.165) is 12.0 Å². The molecule has 1 N–H and O–H groups in total. The Morgan fingerprint density at radius 3 is 2.55 bits per heavy atom. The molecule has 5 nitrogen and oxygen atoms in total. The van der Waals surface area contributed by atoms with Crippen molar-refractivity contribution in [3.8, 4) is 5.75 Å². The smallest absolute Gasteiger partial charge is 0.329 e. The first-order valence-electron chi connectivity index (χ1n) is 6.50. The Bertz CT molecular complexity index is 496. The number of amides is 1. The number of carbonyl (C=O) groups is 2. The van der Waals surface area contributed by atoms with E-state index in [9.17, 15) is 9.59 Å². The maximum atomic E-state index is 12.0. The van der Waals surface area contributed by atoms with E-state index < -0.39 is 11.5 Å². The third-order valence-electron chi connectivity index (χ3n) is 3.41. The first-order chi connectivity index (χ1) is 9.28. The molecule has 0 atom stereocenters. The lowest BCUT2D eigenvalue weighted by Crippen LogP contribution is -2.52. The molecule has 1 aromatic rings. The highest BCUT2D eigenvalue weighted by molar-refractivity contribution is 5.86. The van der Waals surface area contributed by atoms with Gasteiger partial charge in [-0.3, -0.25) is 4.79 Å². The van der Waals surface area contributed by atoms with E-state index in [1.165, 1.54) is 25.8 Å². The van der Waals surface area contributed by atoms with E-state index >= 15 is 0 Å². The molecule has 0 aliphatic rings. The summed E-state index contributed by atoms with van der Waals surface area (Å²) in [5.41, 5.74) is -0.139. The molecule has 0 radical (unpaired) electrons. The van der Waals surface area contributed by atoms with Crippen LogP contribution in [0.4, 0.5) is 0 Å². The molecule has 110 valence electrons. The van der Waals surface area contributed by atoms with Crippen LogP contribution in [-0.4, -0.2) is 41.1 Å². The molecule has 0 fully saturated rings. The number of carbonyl (C=O) groups excluding carboxylic acids is 1. The van der Waals surface area contributed by atoms with Crippen LogP contribution in [0.2, 0.25) is 0 Å². The average molecular weight is 279 g/mol. The van der Waals surface area contributed by atoms with Gasteiger partial charge in [0.25, 0.3) is 5.91 Å². The van der Waals surface area contributed by atoms with Crippen LogP contribution in [0.5, 0.6) is 5.75 Å². The number of rotatable bonds is 6. The molecule has 0 heterocycles. The molecule has 0 saturated carbocycles. The second-order valence-electron chi connectivity index (χ2n) is 5.11. The Hall–Kier alpha value is -2.04. The number of aliphatic carboxylic acids is 1.